The maximum absolute atomic E-state index is 13.5. The van der Waals surface area contributed by atoms with Crippen molar-refractivity contribution in [3.05, 3.63) is 42.7 Å². The summed E-state index contributed by atoms with van der Waals surface area (Å²) in [5, 5.41) is 6.13. The molecule has 1 fully saturated rings. The molecule has 0 aromatic heterocycles. The Labute approximate surface area is 141 Å². The molecule has 5 nitrogen and oxygen atoms in total. The zero-order valence-corrected chi connectivity index (χ0v) is 14.1. The molecule has 0 atom stereocenters. The molecular weight excluding hydrogens is 309 g/mol. The molecule has 6 heteroatoms. The van der Waals surface area contributed by atoms with Crippen molar-refractivity contribution in [3.8, 4) is 0 Å². The molecule has 2 rings (SSSR count). The smallest absolute Gasteiger partial charge is 0.246 e. The summed E-state index contributed by atoms with van der Waals surface area (Å²) in [6.07, 6.45) is 2.17. The highest BCUT2D eigenvalue weighted by molar-refractivity contribution is 5.91. The van der Waals surface area contributed by atoms with Gasteiger partial charge in [-0.2, -0.15) is 0 Å². The van der Waals surface area contributed by atoms with Crippen LogP contribution >= 0.6 is 0 Å². The minimum atomic E-state index is -0.865. The van der Waals surface area contributed by atoms with Crippen molar-refractivity contribution >= 4 is 17.5 Å². The third-order valence-electron chi connectivity index (χ3n) is 4.17. The molecule has 0 aliphatic carbocycles. The molecule has 1 aromatic rings. The first-order valence-electron chi connectivity index (χ1n) is 8.12. The van der Waals surface area contributed by atoms with E-state index in [9.17, 15) is 14.0 Å². The molecule has 1 aliphatic rings. The van der Waals surface area contributed by atoms with Gasteiger partial charge in [-0.15, -0.1) is 0 Å². The van der Waals surface area contributed by atoms with E-state index in [1.807, 2.05) is 13.8 Å². The fraction of sp³-hybridized carbons (Fsp3) is 0.444. The number of rotatable bonds is 5. The van der Waals surface area contributed by atoms with Crippen LogP contribution in [0.25, 0.3) is 0 Å². The first-order valence-corrected chi connectivity index (χ1v) is 8.12. The van der Waals surface area contributed by atoms with E-state index in [0.717, 1.165) is 0 Å². The molecule has 0 unspecified atom stereocenters. The number of hydrogen-bond donors (Lipinski definition) is 2. The Morgan fingerprint density at radius 1 is 1.33 bits per heavy atom. The lowest BCUT2D eigenvalue weighted by molar-refractivity contribution is -0.132. The van der Waals surface area contributed by atoms with Crippen LogP contribution in [-0.4, -0.2) is 41.4 Å². The van der Waals surface area contributed by atoms with E-state index in [0.29, 0.717) is 31.6 Å². The molecule has 0 spiro atoms. The molecule has 1 heterocycles. The van der Waals surface area contributed by atoms with E-state index in [-0.39, 0.29) is 23.7 Å². The van der Waals surface area contributed by atoms with E-state index in [1.165, 1.54) is 18.2 Å². The minimum Gasteiger partial charge on any atom is -0.371 e. The van der Waals surface area contributed by atoms with Crippen molar-refractivity contribution in [3.63, 3.8) is 0 Å². The largest absolute Gasteiger partial charge is 0.371 e. The molecule has 24 heavy (non-hydrogen) atoms. The highest BCUT2D eigenvalue weighted by Crippen LogP contribution is 2.28. The van der Waals surface area contributed by atoms with Crippen molar-refractivity contribution in [1.82, 2.24) is 10.2 Å². The van der Waals surface area contributed by atoms with Crippen molar-refractivity contribution in [2.45, 2.75) is 38.3 Å². The highest BCUT2D eigenvalue weighted by atomic mass is 19.1. The number of nitrogens with one attached hydrogen (secondary N) is 2. The Morgan fingerprint density at radius 2 is 2.00 bits per heavy atom. The molecule has 1 saturated heterocycles. The molecule has 130 valence electrons. The van der Waals surface area contributed by atoms with Crippen LogP contribution in [0.4, 0.5) is 10.1 Å². The van der Waals surface area contributed by atoms with Gasteiger partial charge in [0, 0.05) is 24.8 Å². The lowest BCUT2D eigenvalue weighted by Crippen LogP contribution is -2.59. The maximum atomic E-state index is 13.5. The molecule has 1 aliphatic heterocycles. The second kappa shape index (κ2) is 7.47. The van der Waals surface area contributed by atoms with Gasteiger partial charge in [0.15, 0.2) is 0 Å². The van der Waals surface area contributed by atoms with Crippen LogP contribution in [0.3, 0.4) is 0 Å². The van der Waals surface area contributed by atoms with Crippen LogP contribution in [0.2, 0.25) is 0 Å². The fourth-order valence-electron chi connectivity index (χ4n) is 2.89. The number of hydrogen-bond acceptors (Lipinski definition) is 3. The van der Waals surface area contributed by atoms with Gasteiger partial charge in [0.05, 0.1) is 0 Å². The Morgan fingerprint density at radius 3 is 2.54 bits per heavy atom. The van der Waals surface area contributed by atoms with Crippen LogP contribution in [0.5, 0.6) is 0 Å². The lowest BCUT2D eigenvalue weighted by atomic mass is 9.85. The Balaban J connectivity index is 2.21. The van der Waals surface area contributed by atoms with Crippen LogP contribution in [0.15, 0.2) is 36.9 Å². The fourth-order valence-corrected chi connectivity index (χ4v) is 2.89. The molecule has 0 bridgehead atoms. The van der Waals surface area contributed by atoms with Gasteiger partial charge >= 0.3 is 0 Å². The third kappa shape index (κ3) is 4.13. The molecule has 1 aromatic carbocycles. The molecule has 0 saturated carbocycles. The Hall–Kier alpha value is -2.37. The van der Waals surface area contributed by atoms with Crippen LogP contribution < -0.4 is 10.6 Å². The van der Waals surface area contributed by atoms with Crippen molar-refractivity contribution in [2.75, 3.05) is 18.4 Å². The topological polar surface area (TPSA) is 61.4 Å². The van der Waals surface area contributed by atoms with Gasteiger partial charge in [0.2, 0.25) is 11.8 Å². The second-order valence-corrected chi connectivity index (χ2v) is 6.38. The Kier molecular flexibility index (Phi) is 5.59. The summed E-state index contributed by atoms with van der Waals surface area (Å²) in [4.78, 5) is 26.2. The molecule has 0 radical (unpaired) electrons. The van der Waals surface area contributed by atoms with Crippen LogP contribution in [0, 0.1) is 5.82 Å². The zero-order chi connectivity index (χ0) is 17.7. The van der Waals surface area contributed by atoms with E-state index < -0.39 is 5.54 Å². The van der Waals surface area contributed by atoms with E-state index in [2.05, 4.69) is 17.2 Å². The molecule has 2 amide bonds. The highest BCUT2D eigenvalue weighted by Gasteiger charge is 2.42. The van der Waals surface area contributed by atoms with Gasteiger partial charge in [-0.1, -0.05) is 12.6 Å². The number of halogens is 1. The summed E-state index contributed by atoms with van der Waals surface area (Å²) in [5.41, 5.74) is -0.312. The SMILES string of the molecule is C=CC(=O)N1CCC(Nc2cccc(F)c2)(C(=O)NC(C)C)CC1. The van der Waals surface area contributed by atoms with E-state index >= 15 is 0 Å². The monoisotopic (exact) mass is 333 g/mol. The first kappa shape index (κ1) is 18.0. The van der Waals surface area contributed by atoms with Gasteiger partial charge in [-0.25, -0.2) is 4.39 Å². The summed E-state index contributed by atoms with van der Waals surface area (Å²) < 4.78 is 13.5. The van der Waals surface area contributed by atoms with Gasteiger partial charge in [0.25, 0.3) is 0 Å². The number of carbonyl (C=O) groups excluding carboxylic acids is 2. The lowest BCUT2D eigenvalue weighted by Gasteiger charge is -2.41. The van der Waals surface area contributed by atoms with E-state index in [1.54, 1.807) is 17.0 Å². The van der Waals surface area contributed by atoms with Gasteiger partial charge in [0.1, 0.15) is 11.4 Å². The predicted octanol–water partition coefficient (Wildman–Crippen LogP) is 2.31. The summed E-state index contributed by atoms with van der Waals surface area (Å²) in [6, 6.07) is 6.05. The van der Waals surface area contributed by atoms with E-state index in [4.69, 9.17) is 0 Å². The number of nitrogens with zero attached hydrogens (tertiary/aromatic N) is 1. The average Bonchev–Trinajstić information content (AvgIpc) is 2.54. The standard InChI is InChI=1S/C18H24FN3O2/c1-4-16(23)22-10-8-18(9-11-22,17(24)20-13(2)3)21-15-7-5-6-14(19)12-15/h4-7,12-13,21H,1,8-11H2,2-3H3,(H,20,24). The Bertz CT molecular complexity index is 622. The number of piperidine rings is 1. The minimum absolute atomic E-state index is 0.00322. The van der Waals surface area contributed by atoms with Crippen LogP contribution in [0.1, 0.15) is 26.7 Å². The van der Waals surface area contributed by atoms with Crippen LogP contribution in [-0.2, 0) is 9.59 Å². The summed E-state index contributed by atoms with van der Waals surface area (Å²) in [7, 11) is 0. The number of carbonyl (C=O) groups is 2. The third-order valence-corrected chi connectivity index (χ3v) is 4.17. The normalized spacial score (nSPS) is 16.6. The van der Waals surface area contributed by atoms with Gasteiger partial charge in [-0.3, -0.25) is 9.59 Å². The molecular formula is C18H24FN3O2. The number of likely N-dealkylation sites (tertiary alicyclic amines) is 1. The van der Waals surface area contributed by atoms with Crippen molar-refractivity contribution in [1.29, 1.82) is 0 Å². The van der Waals surface area contributed by atoms with Gasteiger partial charge < -0.3 is 15.5 Å². The van der Waals surface area contributed by atoms with Gasteiger partial charge in [-0.05, 0) is 51.0 Å². The summed E-state index contributed by atoms with van der Waals surface area (Å²) in [5.74, 6) is -0.634. The predicted molar refractivity (Wildman–Crippen MR) is 92.0 cm³/mol. The quantitative estimate of drug-likeness (QED) is 0.813. The second-order valence-electron chi connectivity index (χ2n) is 6.38. The number of benzene rings is 1. The van der Waals surface area contributed by atoms with Crippen molar-refractivity contribution < 1.29 is 14.0 Å². The molecule has 2 N–H and O–H groups in total. The maximum Gasteiger partial charge on any atom is 0.246 e. The average molecular weight is 333 g/mol. The summed E-state index contributed by atoms with van der Waals surface area (Å²) in [6.45, 7) is 8.17. The first-order chi connectivity index (χ1) is 11.4. The number of anilines is 1. The zero-order valence-electron chi connectivity index (χ0n) is 14.1. The summed E-state index contributed by atoms with van der Waals surface area (Å²) >= 11 is 0. The number of amides is 2. The van der Waals surface area contributed by atoms with Crippen molar-refractivity contribution in [2.24, 2.45) is 0 Å².